The van der Waals surface area contributed by atoms with Crippen LogP contribution in [0, 0.1) is 0 Å². The highest BCUT2D eigenvalue weighted by molar-refractivity contribution is 7.89. The number of hydrogen-bond donors (Lipinski definition) is 2. The van der Waals surface area contributed by atoms with Crippen LogP contribution in [0.3, 0.4) is 0 Å². The lowest BCUT2D eigenvalue weighted by Crippen LogP contribution is -2.28. The van der Waals surface area contributed by atoms with Gasteiger partial charge >= 0.3 is 6.36 Å². The van der Waals surface area contributed by atoms with Crippen LogP contribution >= 0.6 is 0 Å². The first kappa shape index (κ1) is 21.7. The van der Waals surface area contributed by atoms with Crippen LogP contribution in [-0.4, -0.2) is 40.4 Å². The highest BCUT2D eigenvalue weighted by Crippen LogP contribution is 2.32. The lowest BCUT2D eigenvalue weighted by Gasteiger charge is -2.19. The van der Waals surface area contributed by atoms with Crippen molar-refractivity contribution >= 4 is 21.6 Å². The Balaban J connectivity index is 1.50. The number of hydrogen-bond acceptors (Lipinski definition) is 6. The third-order valence-electron chi connectivity index (χ3n) is 3.84. The van der Waals surface area contributed by atoms with Gasteiger partial charge < -0.3 is 19.5 Å². The van der Waals surface area contributed by atoms with Crippen molar-refractivity contribution in [1.82, 2.24) is 4.72 Å². The maximum Gasteiger partial charge on any atom is 0.573 e. The van der Waals surface area contributed by atoms with Gasteiger partial charge in [0, 0.05) is 24.7 Å². The van der Waals surface area contributed by atoms with E-state index in [1.54, 1.807) is 18.2 Å². The molecule has 0 aliphatic carbocycles. The first-order chi connectivity index (χ1) is 14.1. The van der Waals surface area contributed by atoms with E-state index >= 15 is 0 Å². The minimum atomic E-state index is -4.87. The lowest BCUT2D eigenvalue weighted by atomic mass is 10.2. The predicted octanol–water partition coefficient (Wildman–Crippen LogP) is 2.66. The second-order valence-electron chi connectivity index (χ2n) is 6.07. The molecule has 0 unspecified atom stereocenters. The fourth-order valence-corrected chi connectivity index (χ4v) is 3.58. The quantitative estimate of drug-likeness (QED) is 0.678. The van der Waals surface area contributed by atoms with Crippen molar-refractivity contribution in [3.8, 4) is 17.2 Å². The summed E-state index contributed by atoms with van der Waals surface area (Å²) in [6.07, 6.45) is -5.04. The smallest absolute Gasteiger partial charge is 0.486 e. The number of anilines is 1. The van der Waals surface area contributed by atoms with E-state index < -0.39 is 28.0 Å². The number of halogens is 3. The molecule has 0 saturated heterocycles. The van der Waals surface area contributed by atoms with Gasteiger partial charge in [-0.15, -0.1) is 13.2 Å². The highest BCUT2D eigenvalue weighted by Gasteiger charge is 2.31. The minimum Gasteiger partial charge on any atom is -0.486 e. The third-order valence-corrected chi connectivity index (χ3v) is 5.31. The van der Waals surface area contributed by atoms with E-state index in [9.17, 15) is 26.4 Å². The zero-order valence-corrected chi connectivity index (χ0v) is 16.2. The number of fused-ring (bicyclic) bond motifs is 1. The van der Waals surface area contributed by atoms with Crippen LogP contribution in [-0.2, 0) is 14.8 Å². The second-order valence-corrected chi connectivity index (χ2v) is 7.84. The summed E-state index contributed by atoms with van der Waals surface area (Å²) in [7, 11) is -4.00. The molecule has 0 spiro atoms. The van der Waals surface area contributed by atoms with Crippen LogP contribution in [0.5, 0.6) is 17.2 Å². The monoisotopic (exact) mass is 446 g/mol. The number of nitrogens with one attached hydrogen (secondary N) is 2. The molecule has 1 amide bonds. The van der Waals surface area contributed by atoms with Gasteiger partial charge in [-0.05, 0) is 36.4 Å². The molecule has 2 aromatic rings. The van der Waals surface area contributed by atoms with E-state index in [4.69, 9.17) is 9.47 Å². The number of ether oxygens (including phenoxy) is 3. The Kier molecular flexibility index (Phi) is 6.37. The Bertz CT molecular complexity index is 1010. The first-order valence-corrected chi connectivity index (χ1v) is 10.2. The Morgan fingerprint density at radius 1 is 1.03 bits per heavy atom. The molecule has 1 heterocycles. The molecule has 0 atom stereocenters. The summed E-state index contributed by atoms with van der Waals surface area (Å²) in [6, 6.07) is 8.59. The summed E-state index contributed by atoms with van der Waals surface area (Å²) in [4.78, 5) is 11.8. The van der Waals surface area contributed by atoms with Gasteiger partial charge in [0.15, 0.2) is 11.5 Å². The summed E-state index contributed by atoms with van der Waals surface area (Å²) in [6.45, 7) is 0.631. The van der Waals surface area contributed by atoms with E-state index in [-0.39, 0.29) is 17.9 Å². The standard InChI is InChI=1S/C18H17F3N2O6S/c19-18(20,21)29-13-2-4-14(5-3-13)30(25,26)22-8-7-17(24)23-12-1-6-15-16(11-12)28-10-9-27-15/h1-6,11,22H,7-10H2,(H,23,24). The molecule has 1 aliphatic rings. The van der Waals surface area contributed by atoms with Gasteiger partial charge in [-0.3, -0.25) is 4.79 Å². The zero-order valence-electron chi connectivity index (χ0n) is 15.4. The summed E-state index contributed by atoms with van der Waals surface area (Å²) in [5.74, 6) is 0.0833. The molecule has 12 heteroatoms. The highest BCUT2D eigenvalue weighted by atomic mass is 32.2. The molecule has 3 rings (SSSR count). The van der Waals surface area contributed by atoms with Gasteiger partial charge in [-0.25, -0.2) is 13.1 Å². The van der Waals surface area contributed by atoms with Crippen LogP contribution < -0.4 is 24.2 Å². The molecular weight excluding hydrogens is 429 g/mol. The van der Waals surface area contributed by atoms with E-state index in [0.29, 0.717) is 30.4 Å². The molecule has 0 fully saturated rings. The Morgan fingerprint density at radius 2 is 1.70 bits per heavy atom. The second kappa shape index (κ2) is 8.79. The number of benzene rings is 2. The first-order valence-electron chi connectivity index (χ1n) is 8.67. The zero-order chi connectivity index (χ0) is 21.8. The van der Waals surface area contributed by atoms with Crippen LogP contribution in [0.4, 0.5) is 18.9 Å². The van der Waals surface area contributed by atoms with Gasteiger partial charge in [0.25, 0.3) is 0 Å². The molecule has 2 aromatic carbocycles. The molecule has 2 N–H and O–H groups in total. The Morgan fingerprint density at radius 3 is 2.37 bits per heavy atom. The van der Waals surface area contributed by atoms with Gasteiger partial charge in [0.2, 0.25) is 15.9 Å². The molecule has 8 nitrogen and oxygen atoms in total. The maximum atomic E-state index is 12.2. The number of sulfonamides is 1. The van der Waals surface area contributed by atoms with Crippen LogP contribution in [0.1, 0.15) is 6.42 Å². The molecule has 1 aliphatic heterocycles. The number of carbonyl (C=O) groups is 1. The van der Waals surface area contributed by atoms with Crippen molar-refractivity contribution in [3.63, 3.8) is 0 Å². The molecular formula is C18H17F3N2O6S. The summed E-state index contributed by atoms with van der Waals surface area (Å²) in [5.41, 5.74) is 0.465. The van der Waals surface area contributed by atoms with Crippen LogP contribution in [0.15, 0.2) is 47.4 Å². The van der Waals surface area contributed by atoms with Gasteiger partial charge in [0.05, 0.1) is 4.90 Å². The number of rotatable bonds is 7. The van der Waals surface area contributed by atoms with E-state index in [0.717, 1.165) is 24.3 Å². The number of carbonyl (C=O) groups excluding carboxylic acids is 1. The van der Waals surface area contributed by atoms with E-state index in [2.05, 4.69) is 14.8 Å². The van der Waals surface area contributed by atoms with E-state index in [1.165, 1.54) is 0 Å². The summed E-state index contributed by atoms with van der Waals surface area (Å²) < 4.78 is 77.5. The van der Waals surface area contributed by atoms with E-state index in [1.807, 2.05) is 0 Å². The van der Waals surface area contributed by atoms with Crippen LogP contribution in [0.2, 0.25) is 0 Å². The van der Waals surface area contributed by atoms with Crippen molar-refractivity contribution in [1.29, 1.82) is 0 Å². The molecule has 0 bridgehead atoms. The van der Waals surface area contributed by atoms with Crippen molar-refractivity contribution < 1.29 is 40.6 Å². The largest absolute Gasteiger partial charge is 0.573 e. The molecule has 0 aromatic heterocycles. The van der Waals surface area contributed by atoms with Crippen molar-refractivity contribution in [2.45, 2.75) is 17.7 Å². The van der Waals surface area contributed by atoms with Crippen molar-refractivity contribution in [2.75, 3.05) is 25.1 Å². The predicted molar refractivity (Wildman–Crippen MR) is 99.0 cm³/mol. The number of amides is 1. The third kappa shape index (κ3) is 6.00. The minimum absolute atomic E-state index is 0.164. The topological polar surface area (TPSA) is 103 Å². The molecule has 0 saturated carbocycles. The van der Waals surface area contributed by atoms with Crippen LogP contribution in [0.25, 0.3) is 0 Å². The van der Waals surface area contributed by atoms with Gasteiger partial charge in [-0.1, -0.05) is 0 Å². The Hall–Kier alpha value is -2.99. The van der Waals surface area contributed by atoms with Gasteiger partial charge in [-0.2, -0.15) is 0 Å². The average molecular weight is 446 g/mol. The summed E-state index contributed by atoms with van der Waals surface area (Å²) >= 11 is 0. The maximum absolute atomic E-state index is 12.2. The average Bonchev–Trinajstić information content (AvgIpc) is 2.67. The Labute approximate surface area is 170 Å². The fraction of sp³-hybridized carbons (Fsp3) is 0.278. The molecule has 30 heavy (non-hydrogen) atoms. The van der Waals surface area contributed by atoms with Crippen molar-refractivity contribution in [3.05, 3.63) is 42.5 Å². The number of alkyl halides is 3. The SMILES string of the molecule is O=C(CCNS(=O)(=O)c1ccc(OC(F)(F)F)cc1)Nc1ccc2c(c1)OCCO2. The van der Waals surface area contributed by atoms with Crippen molar-refractivity contribution in [2.24, 2.45) is 0 Å². The molecule has 162 valence electrons. The normalized spacial score (nSPS) is 13.6. The van der Waals surface area contributed by atoms with Gasteiger partial charge in [0.1, 0.15) is 19.0 Å². The fourth-order valence-electron chi connectivity index (χ4n) is 2.55. The lowest BCUT2D eigenvalue weighted by molar-refractivity contribution is -0.274. The summed E-state index contributed by atoms with van der Waals surface area (Å²) in [5, 5.41) is 2.61. The molecule has 0 radical (unpaired) electrons.